The summed E-state index contributed by atoms with van der Waals surface area (Å²) in [6.45, 7) is 3.60. The van der Waals surface area contributed by atoms with E-state index in [1.165, 1.54) is 17.2 Å². The van der Waals surface area contributed by atoms with Crippen LogP contribution in [0.25, 0.3) is 0 Å². The molecule has 7 nitrogen and oxygen atoms in total. The molecular weight excluding hydrogens is 406 g/mol. The van der Waals surface area contributed by atoms with E-state index in [-0.39, 0.29) is 36.7 Å². The van der Waals surface area contributed by atoms with E-state index in [0.29, 0.717) is 18.7 Å². The Bertz CT molecular complexity index is 1020. The maximum atomic E-state index is 13.7. The van der Waals surface area contributed by atoms with Gasteiger partial charge in [-0.2, -0.15) is 0 Å². The Morgan fingerprint density at radius 3 is 2.65 bits per heavy atom. The highest BCUT2D eigenvalue weighted by Crippen LogP contribution is 2.49. The molecule has 9 heteroatoms. The Balaban J connectivity index is 1.56. The topological polar surface area (TPSA) is 95.4 Å². The van der Waals surface area contributed by atoms with Gasteiger partial charge in [0, 0.05) is 30.5 Å². The zero-order chi connectivity index (χ0) is 22.4. The van der Waals surface area contributed by atoms with Crippen molar-refractivity contribution in [3.05, 3.63) is 53.6 Å². The molecule has 1 spiro atoms. The van der Waals surface area contributed by atoms with Crippen molar-refractivity contribution in [2.75, 3.05) is 11.4 Å². The monoisotopic (exact) mass is 430 g/mol. The second kappa shape index (κ2) is 7.64. The molecule has 0 radical (unpaired) electrons. The molecule has 4 rings (SSSR count). The number of hydrogen-bond donors (Lipinski definition) is 2. The summed E-state index contributed by atoms with van der Waals surface area (Å²) in [5.74, 6) is -1.76. The molecule has 1 saturated heterocycles. The molecule has 2 heterocycles. The van der Waals surface area contributed by atoms with Crippen LogP contribution in [0.1, 0.15) is 48.9 Å². The number of aliphatic hydroxyl groups is 1. The number of nitrogens with one attached hydrogen (secondary N) is 1. The van der Waals surface area contributed by atoms with Crippen molar-refractivity contribution in [2.45, 2.75) is 51.2 Å². The van der Waals surface area contributed by atoms with Gasteiger partial charge in [-0.05, 0) is 57.7 Å². The normalized spacial score (nSPS) is 28.2. The second-order valence-electron chi connectivity index (χ2n) is 8.86. The number of nitrogens with zero attached hydrogens (tertiary/aromatic N) is 3. The predicted octanol–water partition coefficient (Wildman–Crippen LogP) is 2.52. The molecule has 1 aromatic carbocycles. The molecule has 0 bridgehead atoms. The predicted molar refractivity (Wildman–Crippen MR) is 108 cm³/mol. The first-order valence-corrected chi connectivity index (χ1v) is 10.2. The summed E-state index contributed by atoms with van der Waals surface area (Å²) in [5.41, 5.74) is -1.75. The highest BCUT2D eigenvalue weighted by Gasteiger charge is 2.55. The van der Waals surface area contributed by atoms with E-state index >= 15 is 0 Å². The fourth-order valence-corrected chi connectivity index (χ4v) is 5.01. The molecular formula is C22H24F2N4O3. The first kappa shape index (κ1) is 21.3. The fraction of sp³-hybridized carbons (Fsp3) is 0.455. The summed E-state index contributed by atoms with van der Waals surface area (Å²) in [6, 6.07) is 4.04. The molecule has 1 aromatic heterocycles. The quantitative estimate of drug-likeness (QED) is 0.780. The average Bonchev–Trinajstić information content (AvgIpc) is 2.95. The molecule has 1 aliphatic carbocycles. The van der Waals surface area contributed by atoms with Gasteiger partial charge in [-0.3, -0.25) is 9.59 Å². The molecule has 164 valence electrons. The van der Waals surface area contributed by atoms with Gasteiger partial charge >= 0.3 is 0 Å². The van der Waals surface area contributed by atoms with Crippen molar-refractivity contribution in [1.82, 2.24) is 15.3 Å². The summed E-state index contributed by atoms with van der Waals surface area (Å²) in [7, 11) is 0. The van der Waals surface area contributed by atoms with Crippen LogP contribution >= 0.6 is 0 Å². The van der Waals surface area contributed by atoms with Gasteiger partial charge in [-0.1, -0.05) is 0 Å². The van der Waals surface area contributed by atoms with Crippen LogP contribution in [-0.4, -0.2) is 45.1 Å². The smallest absolute Gasteiger partial charge is 0.270 e. The zero-order valence-corrected chi connectivity index (χ0v) is 17.4. The van der Waals surface area contributed by atoms with Gasteiger partial charge < -0.3 is 15.3 Å². The lowest BCUT2D eigenvalue weighted by atomic mass is 9.65. The Morgan fingerprint density at radius 2 is 1.97 bits per heavy atom. The minimum absolute atomic E-state index is 0.154. The van der Waals surface area contributed by atoms with E-state index < -0.39 is 34.6 Å². The van der Waals surface area contributed by atoms with Gasteiger partial charge in [0.25, 0.3) is 5.91 Å². The van der Waals surface area contributed by atoms with Crippen LogP contribution in [0, 0.1) is 24.0 Å². The third-order valence-corrected chi connectivity index (χ3v) is 6.06. The maximum Gasteiger partial charge on any atom is 0.270 e. The maximum absolute atomic E-state index is 13.7. The molecule has 1 aliphatic heterocycles. The van der Waals surface area contributed by atoms with Gasteiger partial charge in [0.1, 0.15) is 23.2 Å². The summed E-state index contributed by atoms with van der Waals surface area (Å²) in [5, 5.41) is 13.8. The Morgan fingerprint density at radius 1 is 1.26 bits per heavy atom. The van der Waals surface area contributed by atoms with Crippen LogP contribution in [0.4, 0.5) is 14.5 Å². The third kappa shape index (κ3) is 4.27. The van der Waals surface area contributed by atoms with E-state index in [4.69, 9.17) is 0 Å². The lowest BCUT2D eigenvalue weighted by molar-refractivity contribution is -0.134. The molecule has 2 aliphatic rings. The van der Waals surface area contributed by atoms with Crippen LogP contribution < -0.4 is 10.2 Å². The van der Waals surface area contributed by atoms with Crippen molar-refractivity contribution in [1.29, 1.82) is 0 Å². The lowest BCUT2D eigenvalue weighted by Gasteiger charge is -2.44. The number of anilines is 1. The average molecular weight is 430 g/mol. The largest absolute Gasteiger partial charge is 0.390 e. The molecule has 3 atom stereocenters. The molecule has 1 saturated carbocycles. The number of hydrogen-bond acceptors (Lipinski definition) is 5. The van der Waals surface area contributed by atoms with Crippen LogP contribution in [0.5, 0.6) is 0 Å². The van der Waals surface area contributed by atoms with Crippen LogP contribution in [0.3, 0.4) is 0 Å². The van der Waals surface area contributed by atoms with Crippen molar-refractivity contribution in [3.8, 4) is 0 Å². The summed E-state index contributed by atoms with van der Waals surface area (Å²) >= 11 is 0. The SMILES string of the molecule is Cc1nccc(C(=O)NC2CC(C)(O)CC3(CCN(c4cc(F)cc(F)c4)C3=O)C2)n1. The standard InChI is InChI=1S/C22H24F2N4O3/c1-13-25-5-3-18(26-13)19(29)27-16-10-21(2,31)12-22(11-16)4-6-28(20(22)30)17-8-14(23)7-15(24)9-17/h3,5,7-9,16,31H,4,6,10-12H2,1-2H3,(H,27,29). The van der Waals surface area contributed by atoms with E-state index in [9.17, 15) is 23.5 Å². The number of carbonyl (C=O) groups excluding carboxylic acids is 2. The van der Waals surface area contributed by atoms with Crippen molar-refractivity contribution < 1.29 is 23.5 Å². The van der Waals surface area contributed by atoms with Gasteiger partial charge in [-0.25, -0.2) is 18.7 Å². The fourth-order valence-electron chi connectivity index (χ4n) is 5.01. The number of halogens is 2. The second-order valence-corrected chi connectivity index (χ2v) is 8.86. The van der Waals surface area contributed by atoms with Crippen molar-refractivity contribution in [3.63, 3.8) is 0 Å². The molecule has 3 unspecified atom stereocenters. The number of amides is 2. The molecule has 2 N–H and O–H groups in total. The summed E-state index contributed by atoms with van der Waals surface area (Å²) in [4.78, 5) is 35.5. The molecule has 2 fully saturated rings. The third-order valence-electron chi connectivity index (χ3n) is 6.06. The number of aromatic nitrogens is 2. The lowest BCUT2D eigenvalue weighted by Crippen LogP contribution is -2.53. The van der Waals surface area contributed by atoms with Crippen LogP contribution in [0.2, 0.25) is 0 Å². The summed E-state index contributed by atoms with van der Waals surface area (Å²) in [6.07, 6.45) is 2.73. The first-order valence-electron chi connectivity index (χ1n) is 10.2. The highest BCUT2D eigenvalue weighted by molar-refractivity contribution is 6.00. The Hall–Kier alpha value is -2.94. The number of aryl methyl sites for hydroxylation is 1. The minimum atomic E-state index is -1.18. The minimum Gasteiger partial charge on any atom is -0.390 e. The highest BCUT2D eigenvalue weighted by atomic mass is 19.1. The first-order chi connectivity index (χ1) is 14.6. The van der Waals surface area contributed by atoms with Crippen LogP contribution in [-0.2, 0) is 4.79 Å². The molecule has 31 heavy (non-hydrogen) atoms. The van der Waals surface area contributed by atoms with E-state index in [1.807, 2.05) is 0 Å². The molecule has 2 amide bonds. The number of rotatable bonds is 3. The van der Waals surface area contributed by atoms with Crippen molar-refractivity contribution in [2.24, 2.45) is 5.41 Å². The van der Waals surface area contributed by atoms with E-state index in [2.05, 4.69) is 15.3 Å². The summed E-state index contributed by atoms with van der Waals surface area (Å²) < 4.78 is 27.4. The number of benzene rings is 1. The molecule has 2 aromatic rings. The van der Waals surface area contributed by atoms with E-state index in [0.717, 1.165) is 18.2 Å². The van der Waals surface area contributed by atoms with Gasteiger partial charge in [0.15, 0.2) is 0 Å². The Labute approximate surface area is 178 Å². The van der Waals surface area contributed by atoms with E-state index in [1.54, 1.807) is 13.8 Å². The van der Waals surface area contributed by atoms with Gasteiger partial charge in [-0.15, -0.1) is 0 Å². The van der Waals surface area contributed by atoms with Gasteiger partial charge in [0.2, 0.25) is 5.91 Å². The van der Waals surface area contributed by atoms with Gasteiger partial charge in [0.05, 0.1) is 11.0 Å². The zero-order valence-electron chi connectivity index (χ0n) is 17.4. The van der Waals surface area contributed by atoms with Crippen molar-refractivity contribution >= 4 is 17.5 Å². The van der Waals surface area contributed by atoms with Crippen LogP contribution in [0.15, 0.2) is 30.5 Å². The Kier molecular flexibility index (Phi) is 5.25. The number of carbonyl (C=O) groups is 2.